The summed E-state index contributed by atoms with van der Waals surface area (Å²) in [6.45, 7) is 6.30. The molecule has 79 heavy (non-hydrogen) atoms. The molecule has 0 amide bonds. The van der Waals surface area contributed by atoms with Gasteiger partial charge in [-0.2, -0.15) is 0 Å². The summed E-state index contributed by atoms with van der Waals surface area (Å²) in [5, 5.41) is 0. The molecule has 0 aliphatic carbocycles. The molecule has 444 valence electrons. The number of hydrogen-bond acceptors (Lipinski definition) is 6. The standard InChI is InChI=1S/C73H116O6/c1-4-7-10-13-15-17-19-21-23-25-27-29-31-32-33-34-35-36-37-38-39-40-42-43-45-47-49-51-53-55-57-60-63-66-72(75)78-69-70(68-77-71(74)65-62-59-12-9-6-3)79-73(76)67-64-61-58-56-54-52-50-48-46-44-41-30-28-26-24-22-20-18-16-14-11-8-5-2/h7-8,10-11,15-18,21-24,27-30,32-33,35-36,38-39,42-43,47,49,70H,4-6,9,12-14,19-20,25-26,31,34,37,40-41,44-46,48,50-69H2,1-3H3/b10-7-,11-8-,17-15-,18-16-,23-21-,24-22-,29-27-,30-28-,33-32-,36-35-,39-38-,43-42-,49-47-. The van der Waals surface area contributed by atoms with Crippen LogP contribution in [-0.2, 0) is 28.6 Å². The van der Waals surface area contributed by atoms with Gasteiger partial charge in [-0.3, -0.25) is 14.4 Å². The summed E-state index contributed by atoms with van der Waals surface area (Å²) in [6, 6.07) is 0. The van der Waals surface area contributed by atoms with Crippen molar-refractivity contribution in [2.75, 3.05) is 13.2 Å². The molecule has 0 radical (unpaired) electrons. The van der Waals surface area contributed by atoms with Gasteiger partial charge < -0.3 is 14.2 Å². The zero-order chi connectivity index (χ0) is 57.1. The van der Waals surface area contributed by atoms with E-state index in [0.29, 0.717) is 19.3 Å². The Balaban J connectivity index is 4.14. The maximum Gasteiger partial charge on any atom is 0.306 e. The number of carbonyl (C=O) groups is 3. The lowest BCUT2D eigenvalue weighted by atomic mass is 10.0. The SMILES string of the molecule is CC/C=C\C/C=C\C/C=C\C/C=C\C/C=C\C/C=C\C/C=C\C/C=C\C/C=C\CCCCCCCC(=O)OCC(COC(=O)CCCCCCC)OC(=O)CCCCCCCCCCCC/C=C\C/C=C\C/C=C\C/C=C\CC. The van der Waals surface area contributed by atoms with Gasteiger partial charge in [0.15, 0.2) is 6.10 Å². The van der Waals surface area contributed by atoms with E-state index >= 15 is 0 Å². The highest BCUT2D eigenvalue weighted by Gasteiger charge is 2.19. The third kappa shape index (κ3) is 63.7. The highest BCUT2D eigenvalue weighted by Crippen LogP contribution is 2.15. The van der Waals surface area contributed by atoms with Gasteiger partial charge in [0.2, 0.25) is 0 Å². The van der Waals surface area contributed by atoms with Crippen molar-refractivity contribution in [3.8, 4) is 0 Å². The van der Waals surface area contributed by atoms with Gasteiger partial charge in [0.1, 0.15) is 13.2 Å². The Morgan fingerprint density at radius 1 is 0.266 bits per heavy atom. The normalized spacial score (nSPS) is 13.2. The molecule has 1 unspecified atom stereocenters. The zero-order valence-corrected chi connectivity index (χ0v) is 50.8. The Bertz CT molecular complexity index is 1780. The molecule has 0 bridgehead atoms. The number of hydrogen-bond donors (Lipinski definition) is 0. The van der Waals surface area contributed by atoms with Crippen LogP contribution >= 0.6 is 0 Å². The average Bonchev–Trinajstić information content (AvgIpc) is 3.45. The van der Waals surface area contributed by atoms with E-state index in [-0.39, 0.29) is 31.1 Å². The quantitative estimate of drug-likeness (QED) is 0.0261. The second-order valence-electron chi connectivity index (χ2n) is 20.6. The number of ether oxygens (including phenoxy) is 3. The van der Waals surface area contributed by atoms with E-state index in [4.69, 9.17) is 14.2 Å². The topological polar surface area (TPSA) is 78.9 Å². The molecule has 6 nitrogen and oxygen atoms in total. The van der Waals surface area contributed by atoms with Crippen LogP contribution in [0.25, 0.3) is 0 Å². The summed E-state index contributed by atoms with van der Waals surface area (Å²) in [7, 11) is 0. The predicted octanol–water partition coefficient (Wildman–Crippen LogP) is 22.1. The third-order valence-electron chi connectivity index (χ3n) is 13.0. The molecule has 0 spiro atoms. The fraction of sp³-hybridized carbons (Fsp3) is 0.603. The van der Waals surface area contributed by atoms with Crippen LogP contribution < -0.4 is 0 Å². The van der Waals surface area contributed by atoms with Crippen molar-refractivity contribution in [3.63, 3.8) is 0 Å². The Kier molecular flexibility index (Phi) is 61.4. The lowest BCUT2D eigenvalue weighted by molar-refractivity contribution is -0.167. The number of carbonyl (C=O) groups excluding carboxylic acids is 3. The summed E-state index contributed by atoms with van der Waals surface area (Å²) in [5.41, 5.74) is 0. The summed E-state index contributed by atoms with van der Waals surface area (Å²) in [5.74, 6) is -0.934. The van der Waals surface area contributed by atoms with Crippen LogP contribution in [0.4, 0.5) is 0 Å². The third-order valence-corrected chi connectivity index (χ3v) is 13.0. The maximum atomic E-state index is 12.8. The summed E-state index contributed by atoms with van der Waals surface area (Å²) in [4.78, 5) is 37.9. The van der Waals surface area contributed by atoms with Crippen LogP contribution in [0.1, 0.15) is 265 Å². The van der Waals surface area contributed by atoms with Crippen molar-refractivity contribution in [2.24, 2.45) is 0 Å². The predicted molar refractivity (Wildman–Crippen MR) is 343 cm³/mol. The Hall–Kier alpha value is -4.97. The van der Waals surface area contributed by atoms with E-state index in [2.05, 4.69) is 179 Å². The monoisotopic (exact) mass is 1090 g/mol. The van der Waals surface area contributed by atoms with Crippen molar-refractivity contribution >= 4 is 17.9 Å². The first-order valence-electron chi connectivity index (χ1n) is 32.0. The van der Waals surface area contributed by atoms with Gasteiger partial charge >= 0.3 is 17.9 Å². The van der Waals surface area contributed by atoms with E-state index < -0.39 is 6.10 Å². The molecular formula is C73H116O6. The molecule has 0 aromatic heterocycles. The summed E-state index contributed by atoms with van der Waals surface area (Å²) in [6.07, 6.45) is 95.8. The molecule has 0 fully saturated rings. The van der Waals surface area contributed by atoms with E-state index in [0.717, 1.165) is 173 Å². The fourth-order valence-corrected chi connectivity index (χ4v) is 8.31. The highest BCUT2D eigenvalue weighted by molar-refractivity contribution is 5.71. The smallest absolute Gasteiger partial charge is 0.306 e. The minimum atomic E-state index is -0.792. The molecular weight excluding hydrogens is 973 g/mol. The molecule has 0 aromatic carbocycles. The molecule has 0 saturated carbocycles. The van der Waals surface area contributed by atoms with Crippen LogP contribution in [0.3, 0.4) is 0 Å². The van der Waals surface area contributed by atoms with Crippen molar-refractivity contribution in [3.05, 3.63) is 158 Å². The molecule has 0 N–H and O–H groups in total. The molecule has 1 atom stereocenters. The fourth-order valence-electron chi connectivity index (χ4n) is 8.31. The maximum absolute atomic E-state index is 12.8. The van der Waals surface area contributed by atoms with Crippen molar-refractivity contribution in [1.82, 2.24) is 0 Å². The van der Waals surface area contributed by atoms with E-state index in [9.17, 15) is 14.4 Å². The largest absolute Gasteiger partial charge is 0.462 e. The van der Waals surface area contributed by atoms with Crippen molar-refractivity contribution in [1.29, 1.82) is 0 Å². The number of rotatable bonds is 56. The Morgan fingerprint density at radius 2 is 0.494 bits per heavy atom. The molecule has 0 saturated heterocycles. The lowest BCUT2D eigenvalue weighted by Gasteiger charge is -2.18. The Morgan fingerprint density at radius 3 is 0.772 bits per heavy atom. The summed E-state index contributed by atoms with van der Waals surface area (Å²) >= 11 is 0. The van der Waals surface area contributed by atoms with Crippen LogP contribution in [0.5, 0.6) is 0 Å². The number of allylic oxidation sites excluding steroid dienone is 26. The summed E-state index contributed by atoms with van der Waals surface area (Å²) < 4.78 is 16.7. The van der Waals surface area contributed by atoms with Gasteiger partial charge in [-0.1, -0.05) is 275 Å². The minimum absolute atomic E-state index is 0.0916. The Labute approximate surface area is 486 Å². The van der Waals surface area contributed by atoms with Gasteiger partial charge in [0.05, 0.1) is 0 Å². The lowest BCUT2D eigenvalue weighted by Crippen LogP contribution is -2.30. The van der Waals surface area contributed by atoms with Gasteiger partial charge in [0.25, 0.3) is 0 Å². The number of unbranched alkanes of at least 4 members (excludes halogenated alkanes) is 19. The van der Waals surface area contributed by atoms with Gasteiger partial charge in [-0.25, -0.2) is 0 Å². The van der Waals surface area contributed by atoms with E-state index in [1.54, 1.807) is 0 Å². The molecule has 6 heteroatoms. The van der Waals surface area contributed by atoms with Crippen molar-refractivity contribution < 1.29 is 28.6 Å². The van der Waals surface area contributed by atoms with Gasteiger partial charge in [-0.15, -0.1) is 0 Å². The molecule has 0 aromatic rings. The zero-order valence-electron chi connectivity index (χ0n) is 50.8. The first kappa shape index (κ1) is 74.0. The van der Waals surface area contributed by atoms with Crippen LogP contribution in [0, 0.1) is 0 Å². The molecule has 0 heterocycles. The first-order chi connectivity index (χ1) is 39.0. The minimum Gasteiger partial charge on any atom is -0.462 e. The molecule has 0 aliphatic rings. The first-order valence-corrected chi connectivity index (χ1v) is 32.0. The number of esters is 3. The van der Waals surface area contributed by atoms with Gasteiger partial charge in [-0.05, 0) is 128 Å². The highest BCUT2D eigenvalue weighted by atomic mass is 16.6. The second kappa shape index (κ2) is 65.5. The van der Waals surface area contributed by atoms with Crippen LogP contribution in [-0.4, -0.2) is 37.2 Å². The van der Waals surface area contributed by atoms with Crippen molar-refractivity contribution in [2.45, 2.75) is 271 Å². The second-order valence-corrected chi connectivity index (χ2v) is 20.6. The molecule has 0 rings (SSSR count). The van der Waals surface area contributed by atoms with Crippen LogP contribution in [0.2, 0.25) is 0 Å². The van der Waals surface area contributed by atoms with Crippen LogP contribution in [0.15, 0.2) is 158 Å². The van der Waals surface area contributed by atoms with E-state index in [1.807, 2.05) is 0 Å². The average molecular weight is 1090 g/mol. The molecule has 0 aliphatic heterocycles. The van der Waals surface area contributed by atoms with E-state index in [1.165, 1.54) is 51.4 Å². The van der Waals surface area contributed by atoms with Gasteiger partial charge in [0, 0.05) is 19.3 Å².